The second kappa shape index (κ2) is 9.63. The number of nitrogens with one attached hydrogen (secondary N) is 2. The Balaban J connectivity index is 1.54. The fourth-order valence-electron chi connectivity index (χ4n) is 4.77. The fraction of sp³-hybridized carbons (Fsp3) is 0.241. The summed E-state index contributed by atoms with van der Waals surface area (Å²) in [5, 5.41) is 9.29. The van der Waals surface area contributed by atoms with Crippen molar-refractivity contribution in [1.82, 2.24) is 9.97 Å². The van der Waals surface area contributed by atoms with Gasteiger partial charge in [-0.25, -0.2) is 4.98 Å². The number of ketones is 1. The maximum absolute atomic E-state index is 13.9. The molecule has 188 valence electrons. The average molecular weight is 496 g/mol. The number of Topliss-reactive ketones (excluding diaryl/α,β-unsaturated/α-hetero) is 1. The third kappa shape index (κ3) is 4.40. The molecule has 1 aliphatic heterocycles. The lowest BCUT2D eigenvalue weighted by Gasteiger charge is -2.32. The Morgan fingerprint density at radius 2 is 1.81 bits per heavy atom. The number of amides is 1. The molecular formula is C29H29N5O3. The number of carbonyl (C=O) groups excluding carboxylic acids is 2. The molecule has 4 N–H and O–H groups in total. The van der Waals surface area contributed by atoms with Crippen molar-refractivity contribution in [3.63, 3.8) is 0 Å². The Morgan fingerprint density at radius 1 is 1.08 bits per heavy atom. The molecule has 4 aromatic rings. The molecule has 8 nitrogen and oxygen atoms in total. The Labute approximate surface area is 214 Å². The van der Waals surface area contributed by atoms with Crippen LogP contribution in [0.2, 0.25) is 0 Å². The smallest absolute Gasteiger partial charge is 0.276 e. The largest absolute Gasteiger partial charge is 0.374 e. The first-order valence-electron chi connectivity index (χ1n) is 12.2. The molecule has 0 aliphatic carbocycles. The first-order chi connectivity index (χ1) is 17.8. The third-order valence-electron chi connectivity index (χ3n) is 7.10. The van der Waals surface area contributed by atoms with Gasteiger partial charge in [0.2, 0.25) is 5.60 Å². The van der Waals surface area contributed by atoms with Gasteiger partial charge < -0.3 is 20.9 Å². The number of nitrogens with zero attached hydrogens (tertiary/aromatic N) is 2. The minimum Gasteiger partial charge on any atom is -0.374 e. The molecule has 0 bridgehead atoms. The van der Waals surface area contributed by atoms with Gasteiger partial charge >= 0.3 is 0 Å². The summed E-state index contributed by atoms with van der Waals surface area (Å²) in [6, 6.07) is 22.8. The van der Waals surface area contributed by atoms with Gasteiger partial charge in [-0.1, -0.05) is 73.6 Å². The van der Waals surface area contributed by atoms with E-state index in [1.165, 1.54) is 6.33 Å². The lowest BCUT2D eigenvalue weighted by molar-refractivity contribution is -0.139. The van der Waals surface area contributed by atoms with Gasteiger partial charge in [-0.2, -0.15) is 0 Å². The van der Waals surface area contributed by atoms with Crippen LogP contribution in [0, 0.1) is 5.92 Å². The molecule has 0 saturated carbocycles. The topological polar surface area (TPSA) is 122 Å². The molecular weight excluding hydrogens is 466 g/mol. The maximum Gasteiger partial charge on any atom is 0.276 e. The van der Waals surface area contributed by atoms with Gasteiger partial charge in [0.25, 0.3) is 5.91 Å². The van der Waals surface area contributed by atoms with Crippen LogP contribution < -0.4 is 11.1 Å². The van der Waals surface area contributed by atoms with Gasteiger partial charge in [0.05, 0.1) is 18.5 Å². The number of benzene rings is 3. The van der Waals surface area contributed by atoms with Crippen molar-refractivity contribution in [3.05, 3.63) is 96.6 Å². The molecule has 8 heteroatoms. The number of para-hydroxylation sites is 1. The van der Waals surface area contributed by atoms with Crippen molar-refractivity contribution in [2.45, 2.75) is 37.8 Å². The maximum atomic E-state index is 13.9. The molecule has 1 amide bonds. The van der Waals surface area contributed by atoms with Crippen molar-refractivity contribution in [1.29, 1.82) is 0 Å². The molecule has 0 saturated heterocycles. The highest BCUT2D eigenvalue weighted by Gasteiger charge is 2.55. The number of hydrogen-bond donors (Lipinski definition) is 3. The van der Waals surface area contributed by atoms with Crippen LogP contribution in [-0.4, -0.2) is 32.9 Å². The van der Waals surface area contributed by atoms with Crippen LogP contribution in [-0.2, 0) is 26.4 Å². The Bertz CT molecular complexity index is 1470. The number of aromatic amines is 1. The van der Waals surface area contributed by atoms with Crippen LogP contribution >= 0.6 is 0 Å². The molecule has 37 heavy (non-hydrogen) atoms. The number of imidazole rings is 1. The number of nitrogens with two attached hydrogens (primary N) is 1. The fourth-order valence-corrected chi connectivity index (χ4v) is 4.77. The average Bonchev–Trinajstić information content (AvgIpc) is 3.59. The lowest BCUT2D eigenvalue weighted by atomic mass is 9.73. The van der Waals surface area contributed by atoms with E-state index >= 15 is 0 Å². The summed E-state index contributed by atoms with van der Waals surface area (Å²) in [5.74, 6) is -0.915. The van der Waals surface area contributed by atoms with E-state index in [-0.39, 0.29) is 30.4 Å². The van der Waals surface area contributed by atoms with Gasteiger partial charge in [-0.15, -0.1) is 0 Å². The SMILES string of the molecule is CC(C)[C@@](N)(C(=O)Cc1cnc[nH]1)C1=NOC(C(=O)Nc2ccccc2)(c2ccc3ccccc3c2)C1. The summed E-state index contributed by atoms with van der Waals surface area (Å²) in [4.78, 5) is 40.4. The first kappa shape index (κ1) is 24.4. The van der Waals surface area contributed by atoms with Crippen LogP contribution in [0.15, 0.2) is 90.5 Å². The van der Waals surface area contributed by atoms with Crippen LogP contribution in [0.5, 0.6) is 0 Å². The van der Waals surface area contributed by atoms with E-state index in [9.17, 15) is 9.59 Å². The van der Waals surface area contributed by atoms with Gasteiger partial charge in [-0.05, 0) is 34.9 Å². The number of H-pyrrole nitrogens is 1. The molecule has 0 fully saturated rings. The summed E-state index contributed by atoms with van der Waals surface area (Å²) in [6.07, 6.45) is 3.21. The van der Waals surface area contributed by atoms with Crippen molar-refractivity contribution in [3.8, 4) is 0 Å². The lowest BCUT2D eigenvalue weighted by Crippen LogP contribution is -2.60. The minimum atomic E-state index is -1.50. The van der Waals surface area contributed by atoms with Gasteiger partial charge in [0.1, 0.15) is 5.54 Å². The molecule has 2 atom stereocenters. The number of anilines is 1. The highest BCUT2D eigenvalue weighted by molar-refractivity contribution is 6.17. The van der Waals surface area contributed by atoms with E-state index in [0.29, 0.717) is 22.7 Å². The summed E-state index contributed by atoms with van der Waals surface area (Å²) in [5.41, 5.74) is 6.14. The van der Waals surface area contributed by atoms with E-state index in [1.54, 1.807) is 18.3 Å². The van der Waals surface area contributed by atoms with Crippen LogP contribution in [0.4, 0.5) is 5.69 Å². The van der Waals surface area contributed by atoms with E-state index in [0.717, 1.165) is 10.8 Å². The van der Waals surface area contributed by atoms with Gasteiger partial charge in [-0.3, -0.25) is 9.59 Å². The molecule has 3 aromatic carbocycles. The first-order valence-corrected chi connectivity index (χ1v) is 12.2. The van der Waals surface area contributed by atoms with Crippen LogP contribution in [0.1, 0.15) is 31.5 Å². The second-order valence-corrected chi connectivity index (χ2v) is 9.72. The number of oxime groups is 1. The van der Waals surface area contributed by atoms with Crippen LogP contribution in [0.25, 0.3) is 10.8 Å². The standard InChI is InChI=1S/C29H29N5O3/c1-19(2)29(30,26(35)15-24-17-31-18-32-24)25-16-28(37-34-25,27(36)33-23-10-4-3-5-11-23)22-13-12-20-8-6-7-9-21(20)14-22/h3-14,17-19H,15-16,30H2,1-2H3,(H,31,32)(H,33,36)/t28?,29-/m0/s1. The van der Waals surface area contributed by atoms with E-state index in [1.807, 2.05) is 74.5 Å². The molecule has 0 spiro atoms. The predicted molar refractivity (Wildman–Crippen MR) is 143 cm³/mol. The molecule has 1 aromatic heterocycles. The zero-order valence-corrected chi connectivity index (χ0v) is 20.8. The highest BCUT2D eigenvalue weighted by Crippen LogP contribution is 2.41. The number of aromatic nitrogens is 2. The van der Waals surface area contributed by atoms with E-state index in [4.69, 9.17) is 10.6 Å². The number of carbonyl (C=O) groups is 2. The Kier molecular flexibility index (Phi) is 6.35. The summed E-state index contributed by atoms with van der Waals surface area (Å²) in [6.45, 7) is 3.74. The zero-order valence-electron chi connectivity index (χ0n) is 20.8. The number of fused-ring (bicyclic) bond motifs is 1. The molecule has 1 aliphatic rings. The van der Waals surface area contributed by atoms with Crippen molar-refractivity contribution < 1.29 is 14.4 Å². The Morgan fingerprint density at radius 3 is 2.51 bits per heavy atom. The highest BCUT2D eigenvalue weighted by atomic mass is 16.7. The summed E-state index contributed by atoms with van der Waals surface area (Å²) in [7, 11) is 0. The molecule has 5 rings (SSSR count). The molecule has 1 unspecified atom stereocenters. The summed E-state index contributed by atoms with van der Waals surface area (Å²) >= 11 is 0. The number of hydrogen-bond acceptors (Lipinski definition) is 6. The monoisotopic (exact) mass is 495 g/mol. The zero-order chi connectivity index (χ0) is 26.0. The summed E-state index contributed by atoms with van der Waals surface area (Å²) < 4.78 is 0. The second-order valence-electron chi connectivity index (χ2n) is 9.72. The Hall–Kier alpha value is -4.30. The van der Waals surface area contributed by atoms with Crippen molar-refractivity contribution >= 4 is 33.9 Å². The minimum absolute atomic E-state index is 0.0351. The van der Waals surface area contributed by atoms with Gasteiger partial charge in [0.15, 0.2) is 5.78 Å². The molecule has 2 heterocycles. The van der Waals surface area contributed by atoms with E-state index < -0.39 is 11.1 Å². The third-order valence-corrected chi connectivity index (χ3v) is 7.10. The van der Waals surface area contributed by atoms with E-state index in [2.05, 4.69) is 20.4 Å². The predicted octanol–water partition coefficient (Wildman–Crippen LogP) is 4.34. The van der Waals surface area contributed by atoms with Crippen molar-refractivity contribution in [2.75, 3.05) is 5.32 Å². The van der Waals surface area contributed by atoms with Gasteiger partial charge in [0, 0.05) is 29.6 Å². The normalized spacial score (nSPS) is 18.8. The quantitative estimate of drug-likeness (QED) is 0.336. The number of rotatable bonds is 8. The molecule has 0 radical (unpaired) electrons. The van der Waals surface area contributed by atoms with Crippen molar-refractivity contribution in [2.24, 2.45) is 16.8 Å². The van der Waals surface area contributed by atoms with Crippen LogP contribution in [0.3, 0.4) is 0 Å².